The summed E-state index contributed by atoms with van der Waals surface area (Å²) in [4.78, 5) is 25.0. The molecule has 0 radical (unpaired) electrons. The number of aryl methyl sites for hydroxylation is 1. The number of carboxylic acids is 1. The van der Waals surface area contributed by atoms with Crippen molar-refractivity contribution in [3.8, 4) is 11.9 Å². The molecule has 0 atom stereocenters. The molecule has 9 nitrogen and oxygen atoms in total. The number of carboxylic acid groups (broad SMARTS) is 1. The fraction of sp³-hybridized carbons (Fsp3) is 0.167. The third-order valence-electron chi connectivity index (χ3n) is 2.88. The molecule has 106 valence electrons. The predicted molar refractivity (Wildman–Crippen MR) is 69.2 cm³/mol. The number of aromatic nitrogens is 3. The number of nitriles is 1. The Kier molecular flexibility index (Phi) is 3.37. The second-order valence-electron chi connectivity index (χ2n) is 4.17. The molecule has 0 aromatic carbocycles. The molecule has 0 aliphatic heterocycles. The molecule has 9 heteroatoms. The Labute approximate surface area is 118 Å². The van der Waals surface area contributed by atoms with Crippen molar-refractivity contribution in [1.29, 1.82) is 5.26 Å². The molecule has 1 N–H and O–H groups in total. The van der Waals surface area contributed by atoms with Crippen LogP contribution in [0.2, 0.25) is 0 Å². The van der Waals surface area contributed by atoms with Crippen molar-refractivity contribution in [3.63, 3.8) is 0 Å². The van der Waals surface area contributed by atoms with Crippen LogP contribution in [0, 0.1) is 35.3 Å². The van der Waals surface area contributed by atoms with Crippen LogP contribution in [0.25, 0.3) is 5.82 Å². The normalized spacial score (nSPS) is 10.1. The minimum atomic E-state index is -1.13. The van der Waals surface area contributed by atoms with Crippen molar-refractivity contribution in [3.05, 3.63) is 44.9 Å². The van der Waals surface area contributed by atoms with E-state index in [0.717, 1.165) is 6.07 Å². The Morgan fingerprint density at radius 2 is 2.14 bits per heavy atom. The Balaban J connectivity index is 2.64. The largest absolute Gasteiger partial charge is 0.478 e. The highest BCUT2D eigenvalue weighted by Gasteiger charge is 2.21. The Morgan fingerprint density at radius 1 is 1.48 bits per heavy atom. The zero-order chi connectivity index (χ0) is 15.7. The maximum absolute atomic E-state index is 11.1. The second-order valence-corrected chi connectivity index (χ2v) is 4.17. The number of nitro groups is 1. The summed E-state index contributed by atoms with van der Waals surface area (Å²) in [5.41, 5.74) is -0.124. The molecule has 0 fully saturated rings. The lowest BCUT2D eigenvalue weighted by molar-refractivity contribution is -0.385. The topological polar surface area (TPSA) is 135 Å². The predicted octanol–water partition coefficient (Wildman–Crippen LogP) is 1.36. The molecule has 21 heavy (non-hydrogen) atoms. The van der Waals surface area contributed by atoms with E-state index >= 15 is 0 Å². The standard InChI is InChI=1S/C12H9N5O4/c1-6-11(12(18)19)7(2)16(15-6)10-4-3-9(17(20)21)8(5-13)14-10/h3-4H,1-2H3,(H,18,19). The minimum Gasteiger partial charge on any atom is -0.478 e. The minimum absolute atomic E-state index is 0.0358. The van der Waals surface area contributed by atoms with E-state index in [0.29, 0.717) is 11.4 Å². The van der Waals surface area contributed by atoms with Crippen LogP contribution < -0.4 is 0 Å². The van der Waals surface area contributed by atoms with Crippen LogP contribution in [0.1, 0.15) is 27.4 Å². The molecule has 0 aliphatic rings. The molecule has 0 aliphatic carbocycles. The van der Waals surface area contributed by atoms with Gasteiger partial charge < -0.3 is 5.11 Å². The number of carbonyl (C=O) groups is 1. The highest BCUT2D eigenvalue weighted by Crippen LogP contribution is 2.21. The van der Waals surface area contributed by atoms with Gasteiger partial charge in [-0.1, -0.05) is 0 Å². The van der Waals surface area contributed by atoms with Crippen LogP contribution in [-0.4, -0.2) is 30.8 Å². The highest BCUT2D eigenvalue weighted by atomic mass is 16.6. The Morgan fingerprint density at radius 3 is 2.62 bits per heavy atom. The first-order valence-electron chi connectivity index (χ1n) is 5.72. The monoisotopic (exact) mass is 287 g/mol. The SMILES string of the molecule is Cc1nn(-c2ccc([N+](=O)[O-])c(C#N)n2)c(C)c1C(=O)O. The van der Waals surface area contributed by atoms with Gasteiger partial charge in [0.1, 0.15) is 11.6 Å². The number of nitrogens with zero attached hydrogens (tertiary/aromatic N) is 5. The summed E-state index contributed by atoms with van der Waals surface area (Å²) in [5.74, 6) is -0.982. The van der Waals surface area contributed by atoms with Gasteiger partial charge in [0.25, 0.3) is 0 Å². The van der Waals surface area contributed by atoms with Gasteiger partial charge in [-0.15, -0.1) is 0 Å². The first-order valence-corrected chi connectivity index (χ1v) is 5.72. The van der Waals surface area contributed by atoms with Crippen LogP contribution in [0.3, 0.4) is 0 Å². The van der Waals surface area contributed by atoms with Gasteiger partial charge in [-0.05, 0) is 19.9 Å². The quantitative estimate of drug-likeness (QED) is 0.664. The average molecular weight is 287 g/mol. The van der Waals surface area contributed by atoms with Gasteiger partial charge in [0.15, 0.2) is 5.82 Å². The molecule has 0 saturated carbocycles. The number of hydrogen-bond donors (Lipinski definition) is 1. The molecule has 0 bridgehead atoms. The zero-order valence-corrected chi connectivity index (χ0v) is 11.1. The summed E-state index contributed by atoms with van der Waals surface area (Å²) in [6, 6.07) is 4.09. The van der Waals surface area contributed by atoms with E-state index in [-0.39, 0.29) is 17.1 Å². The van der Waals surface area contributed by atoms with Crippen molar-refractivity contribution in [2.45, 2.75) is 13.8 Å². The lowest BCUT2D eigenvalue weighted by Gasteiger charge is -2.04. The smallest absolute Gasteiger partial charge is 0.339 e. The zero-order valence-electron chi connectivity index (χ0n) is 11.1. The van der Waals surface area contributed by atoms with E-state index in [1.807, 2.05) is 0 Å². The molecule has 0 saturated heterocycles. The summed E-state index contributed by atoms with van der Waals surface area (Å²) >= 11 is 0. The third kappa shape index (κ3) is 2.30. The third-order valence-corrected chi connectivity index (χ3v) is 2.88. The summed E-state index contributed by atoms with van der Waals surface area (Å²) in [7, 11) is 0. The summed E-state index contributed by atoms with van der Waals surface area (Å²) in [6.45, 7) is 3.07. The molecule has 2 aromatic rings. The first-order chi connectivity index (χ1) is 9.86. The van der Waals surface area contributed by atoms with Gasteiger partial charge in [0.05, 0.1) is 16.3 Å². The Bertz CT molecular complexity index is 803. The van der Waals surface area contributed by atoms with E-state index in [9.17, 15) is 14.9 Å². The van der Waals surface area contributed by atoms with Gasteiger partial charge in [-0.2, -0.15) is 10.4 Å². The van der Waals surface area contributed by atoms with Gasteiger partial charge >= 0.3 is 11.7 Å². The van der Waals surface area contributed by atoms with Crippen LogP contribution in [0.5, 0.6) is 0 Å². The Hall–Kier alpha value is -3.28. The van der Waals surface area contributed by atoms with Crippen molar-refractivity contribution in [1.82, 2.24) is 14.8 Å². The van der Waals surface area contributed by atoms with E-state index in [1.54, 1.807) is 13.0 Å². The van der Waals surface area contributed by atoms with Crippen molar-refractivity contribution >= 4 is 11.7 Å². The number of aromatic carboxylic acids is 1. The van der Waals surface area contributed by atoms with Gasteiger partial charge in [-0.25, -0.2) is 14.5 Å². The maximum atomic E-state index is 11.1. The molecule has 2 aromatic heterocycles. The lowest BCUT2D eigenvalue weighted by Crippen LogP contribution is -2.06. The molecule has 0 amide bonds. The van der Waals surface area contributed by atoms with Gasteiger partial charge in [0.2, 0.25) is 5.69 Å². The summed E-state index contributed by atoms with van der Waals surface area (Å²) in [6.07, 6.45) is 0. The van der Waals surface area contributed by atoms with Crippen molar-refractivity contribution in [2.75, 3.05) is 0 Å². The van der Waals surface area contributed by atoms with Crippen LogP contribution in [0.15, 0.2) is 12.1 Å². The fourth-order valence-electron chi connectivity index (χ4n) is 1.96. The lowest BCUT2D eigenvalue weighted by atomic mass is 10.2. The molecular weight excluding hydrogens is 278 g/mol. The van der Waals surface area contributed by atoms with E-state index in [1.165, 1.54) is 17.7 Å². The van der Waals surface area contributed by atoms with Crippen LogP contribution in [-0.2, 0) is 0 Å². The average Bonchev–Trinajstić information content (AvgIpc) is 2.73. The van der Waals surface area contributed by atoms with Gasteiger partial charge in [-0.3, -0.25) is 10.1 Å². The van der Waals surface area contributed by atoms with Crippen LogP contribution >= 0.6 is 0 Å². The van der Waals surface area contributed by atoms with Crippen molar-refractivity contribution in [2.24, 2.45) is 0 Å². The molecule has 2 rings (SSSR count). The van der Waals surface area contributed by atoms with E-state index < -0.39 is 16.6 Å². The number of rotatable bonds is 3. The second kappa shape index (κ2) is 5.01. The first kappa shape index (κ1) is 14.1. The maximum Gasteiger partial charge on any atom is 0.339 e. The molecule has 0 unspecified atom stereocenters. The van der Waals surface area contributed by atoms with Crippen LogP contribution in [0.4, 0.5) is 5.69 Å². The molecular formula is C12H9N5O4. The fourth-order valence-corrected chi connectivity index (χ4v) is 1.96. The summed E-state index contributed by atoms with van der Waals surface area (Å²) in [5, 5.41) is 32.8. The summed E-state index contributed by atoms with van der Waals surface area (Å²) < 4.78 is 1.24. The van der Waals surface area contributed by atoms with Crippen molar-refractivity contribution < 1.29 is 14.8 Å². The highest BCUT2D eigenvalue weighted by molar-refractivity contribution is 5.90. The van der Waals surface area contributed by atoms with Gasteiger partial charge in [0, 0.05) is 6.07 Å². The molecule has 2 heterocycles. The number of pyridine rings is 1. The van der Waals surface area contributed by atoms with E-state index in [2.05, 4.69) is 10.1 Å². The number of hydrogen-bond acceptors (Lipinski definition) is 6. The van der Waals surface area contributed by atoms with E-state index in [4.69, 9.17) is 10.4 Å². The molecule has 0 spiro atoms.